The Hall–Kier alpha value is -2.74. The fraction of sp³-hybridized carbons (Fsp3) is 0.409. The lowest BCUT2D eigenvalue weighted by atomic mass is 9.70. The second kappa shape index (κ2) is 7.50. The summed E-state index contributed by atoms with van der Waals surface area (Å²) in [5.74, 6) is 0.457. The number of carbonyl (C=O) groups is 1. The molecule has 156 valence electrons. The van der Waals surface area contributed by atoms with Gasteiger partial charge in [-0.25, -0.2) is 0 Å². The van der Waals surface area contributed by atoms with Gasteiger partial charge in [0.05, 0.1) is 9.83 Å². The quantitative estimate of drug-likeness (QED) is 0.422. The molecule has 8 heteroatoms. The van der Waals surface area contributed by atoms with Gasteiger partial charge in [0.1, 0.15) is 0 Å². The molecule has 2 saturated carbocycles. The molecule has 1 amide bonds. The highest BCUT2D eigenvalue weighted by Crippen LogP contribution is 2.64. The largest absolute Gasteiger partial charge is 0.299 e. The van der Waals surface area contributed by atoms with E-state index in [1.165, 1.54) is 30.3 Å². The van der Waals surface area contributed by atoms with E-state index in [4.69, 9.17) is 0 Å². The number of amides is 1. The molecule has 3 fully saturated rings. The first-order valence-corrected chi connectivity index (χ1v) is 10.8. The maximum atomic E-state index is 12.2. The summed E-state index contributed by atoms with van der Waals surface area (Å²) in [6, 6.07) is 6.22. The van der Waals surface area contributed by atoms with Crippen LogP contribution in [0.25, 0.3) is 6.08 Å². The summed E-state index contributed by atoms with van der Waals surface area (Å²) in [6.07, 6.45) is 8.62. The second-order valence-electron chi connectivity index (χ2n) is 8.74. The number of nitrogens with one attached hydrogen (secondary N) is 1. The highest BCUT2D eigenvalue weighted by atomic mass is 32.2. The van der Waals surface area contributed by atoms with Crippen LogP contribution in [0.15, 0.2) is 51.5 Å². The van der Waals surface area contributed by atoms with Crippen LogP contribution in [0.4, 0.5) is 5.69 Å². The molecule has 2 bridgehead atoms. The summed E-state index contributed by atoms with van der Waals surface area (Å²) >= 11 is 1.27. The minimum Gasteiger partial charge on any atom is -0.299 e. The van der Waals surface area contributed by atoms with Crippen LogP contribution < -0.4 is 5.32 Å². The number of allylic oxidation sites excluding steroid dienone is 2. The number of rotatable bonds is 4. The SMILES string of the molecule is CC1(C)[C@H]2CC[C@@]1(C)/C(=N\N=C1\NC(=O)/C(=C\C=C\c3ccc([N+](=O)[O-])cc3)S1)C2. The van der Waals surface area contributed by atoms with Crippen LogP contribution in [0.3, 0.4) is 0 Å². The number of hydrogen-bond acceptors (Lipinski definition) is 6. The van der Waals surface area contributed by atoms with Crippen molar-refractivity contribution in [3.63, 3.8) is 0 Å². The zero-order valence-electron chi connectivity index (χ0n) is 17.2. The molecule has 4 rings (SSSR count). The van der Waals surface area contributed by atoms with Crippen molar-refractivity contribution in [2.75, 3.05) is 0 Å². The Kier molecular flexibility index (Phi) is 5.13. The molecule has 30 heavy (non-hydrogen) atoms. The van der Waals surface area contributed by atoms with Gasteiger partial charge in [-0.2, -0.15) is 5.10 Å². The Balaban J connectivity index is 1.43. The minimum absolute atomic E-state index is 0.0476. The second-order valence-corrected chi connectivity index (χ2v) is 9.77. The first-order valence-electron chi connectivity index (χ1n) is 9.98. The molecule has 3 aliphatic rings. The maximum Gasteiger partial charge on any atom is 0.269 e. The van der Waals surface area contributed by atoms with Crippen LogP contribution in [-0.4, -0.2) is 21.7 Å². The van der Waals surface area contributed by atoms with E-state index in [0.29, 0.717) is 16.0 Å². The maximum absolute atomic E-state index is 12.2. The van der Waals surface area contributed by atoms with Gasteiger partial charge < -0.3 is 0 Å². The summed E-state index contributed by atoms with van der Waals surface area (Å²) in [6.45, 7) is 6.93. The monoisotopic (exact) mass is 424 g/mol. The van der Waals surface area contributed by atoms with Gasteiger partial charge in [0.2, 0.25) is 0 Å². The average Bonchev–Trinajstić information content (AvgIpc) is 3.23. The molecule has 7 nitrogen and oxygen atoms in total. The molecule has 1 N–H and O–H groups in total. The molecular formula is C22H24N4O3S. The van der Waals surface area contributed by atoms with E-state index in [-0.39, 0.29) is 22.4 Å². The lowest BCUT2D eigenvalue weighted by molar-refractivity contribution is -0.384. The van der Waals surface area contributed by atoms with Gasteiger partial charge >= 0.3 is 0 Å². The van der Waals surface area contributed by atoms with E-state index in [9.17, 15) is 14.9 Å². The first-order chi connectivity index (χ1) is 14.2. The van der Waals surface area contributed by atoms with Crippen molar-refractivity contribution >= 4 is 40.3 Å². The van der Waals surface area contributed by atoms with Gasteiger partial charge in [-0.05, 0) is 66.1 Å². The van der Waals surface area contributed by atoms with Crippen LogP contribution >= 0.6 is 11.8 Å². The number of nitrogens with zero attached hydrogens (tertiary/aromatic N) is 3. The van der Waals surface area contributed by atoms with Crippen molar-refractivity contribution in [1.82, 2.24) is 5.32 Å². The number of carbonyl (C=O) groups excluding carboxylic acids is 1. The third kappa shape index (κ3) is 3.49. The number of non-ortho nitro benzene ring substituents is 1. The van der Waals surface area contributed by atoms with Crippen LogP contribution in [0, 0.1) is 26.9 Å². The lowest BCUT2D eigenvalue weighted by Gasteiger charge is -2.34. The Morgan fingerprint density at radius 2 is 1.97 bits per heavy atom. The third-order valence-electron chi connectivity index (χ3n) is 7.06. The zero-order chi connectivity index (χ0) is 21.5. The molecule has 2 atom stereocenters. The van der Waals surface area contributed by atoms with Gasteiger partial charge in [0.25, 0.3) is 11.6 Å². The Morgan fingerprint density at radius 3 is 2.57 bits per heavy atom. The van der Waals surface area contributed by atoms with Crippen molar-refractivity contribution < 1.29 is 9.72 Å². The zero-order valence-corrected chi connectivity index (χ0v) is 18.0. The smallest absolute Gasteiger partial charge is 0.269 e. The van der Waals surface area contributed by atoms with E-state index in [2.05, 4.69) is 36.3 Å². The van der Waals surface area contributed by atoms with Crippen molar-refractivity contribution in [1.29, 1.82) is 0 Å². The molecule has 0 radical (unpaired) electrons. The van der Waals surface area contributed by atoms with E-state index in [1.54, 1.807) is 30.4 Å². The van der Waals surface area contributed by atoms with Crippen molar-refractivity contribution in [3.05, 3.63) is 57.0 Å². The normalized spacial score (nSPS) is 31.4. The van der Waals surface area contributed by atoms with Crippen molar-refractivity contribution in [3.8, 4) is 0 Å². The summed E-state index contributed by atoms with van der Waals surface area (Å²) in [4.78, 5) is 23.0. The number of thioether (sulfide) groups is 1. The van der Waals surface area contributed by atoms with Crippen LogP contribution in [-0.2, 0) is 4.79 Å². The number of nitro benzene ring substituents is 1. The summed E-state index contributed by atoms with van der Waals surface area (Å²) in [5.41, 5.74) is 2.33. The molecular weight excluding hydrogens is 400 g/mol. The van der Waals surface area contributed by atoms with Gasteiger partial charge in [-0.15, -0.1) is 5.10 Å². The molecule has 0 spiro atoms. The topological polar surface area (TPSA) is 97.0 Å². The van der Waals surface area contributed by atoms with E-state index < -0.39 is 4.92 Å². The van der Waals surface area contributed by atoms with Crippen molar-refractivity contribution in [2.45, 2.75) is 40.0 Å². The van der Waals surface area contributed by atoms with Gasteiger partial charge in [-0.1, -0.05) is 32.9 Å². The Bertz CT molecular complexity index is 1020. The fourth-order valence-electron chi connectivity index (χ4n) is 4.63. The Morgan fingerprint density at radius 1 is 1.23 bits per heavy atom. The predicted octanol–water partition coefficient (Wildman–Crippen LogP) is 4.91. The molecule has 1 saturated heterocycles. The molecule has 0 unspecified atom stereocenters. The van der Waals surface area contributed by atoms with E-state index in [0.717, 1.165) is 24.1 Å². The number of amidine groups is 1. The van der Waals surface area contributed by atoms with Gasteiger partial charge in [-0.3, -0.25) is 20.2 Å². The highest BCUT2D eigenvalue weighted by Gasteiger charge is 2.60. The van der Waals surface area contributed by atoms with E-state index in [1.807, 2.05) is 0 Å². The molecule has 1 aromatic carbocycles. The molecule has 1 aromatic rings. The summed E-state index contributed by atoms with van der Waals surface area (Å²) in [7, 11) is 0. The lowest BCUT2D eigenvalue weighted by Crippen LogP contribution is -2.32. The number of benzene rings is 1. The van der Waals surface area contributed by atoms with Crippen LogP contribution in [0.1, 0.15) is 45.6 Å². The van der Waals surface area contributed by atoms with Gasteiger partial charge in [0, 0.05) is 23.3 Å². The molecule has 1 aliphatic heterocycles. The number of nitro groups is 1. The standard InChI is InChI=1S/C22H24N4O3S/c1-21(2)15-11-12-22(21,3)18(13-15)24-25-20-23-19(27)17(30-20)6-4-5-14-7-9-16(10-8-14)26(28)29/h4-10,15H,11-13H2,1-3H3,(H,23,25,27)/b5-4+,17-6+,24-18-/t15-,22-/m0/s1. The van der Waals surface area contributed by atoms with Crippen LogP contribution in [0.2, 0.25) is 0 Å². The average molecular weight is 425 g/mol. The Labute approximate surface area is 179 Å². The van der Waals surface area contributed by atoms with Crippen molar-refractivity contribution in [2.24, 2.45) is 27.0 Å². The number of fused-ring (bicyclic) bond motifs is 2. The third-order valence-corrected chi connectivity index (χ3v) is 7.98. The predicted molar refractivity (Wildman–Crippen MR) is 120 cm³/mol. The minimum atomic E-state index is -0.433. The molecule has 2 aliphatic carbocycles. The van der Waals surface area contributed by atoms with Crippen LogP contribution in [0.5, 0.6) is 0 Å². The first kappa shape index (κ1) is 20.5. The van der Waals surface area contributed by atoms with Gasteiger partial charge in [0.15, 0.2) is 5.17 Å². The molecule has 1 heterocycles. The summed E-state index contributed by atoms with van der Waals surface area (Å²) in [5, 5.41) is 22.8. The fourth-order valence-corrected chi connectivity index (χ4v) is 5.35. The summed E-state index contributed by atoms with van der Waals surface area (Å²) < 4.78 is 0. The molecule has 0 aromatic heterocycles. The highest BCUT2D eigenvalue weighted by molar-refractivity contribution is 8.18. The van der Waals surface area contributed by atoms with E-state index >= 15 is 0 Å². The number of hydrogen-bond donors (Lipinski definition) is 1.